The average molecular weight is 260 g/mol. The van der Waals surface area contributed by atoms with Crippen molar-refractivity contribution < 1.29 is 9.90 Å². The van der Waals surface area contributed by atoms with E-state index >= 15 is 0 Å². The molecule has 2 aliphatic carbocycles. The molecule has 1 amide bonds. The standard InChI is InChI=1S/C15H20N2O2/c16-14-10-6-5-9(7-10)13(14)15(19)17-12-4-2-1-3-11(12)8-18/h1-4,9-10,13-14,18H,5-8,16H2,(H,17,19). The van der Waals surface area contributed by atoms with Crippen LogP contribution < -0.4 is 11.1 Å². The molecule has 3 rings (SSSR count). The molecule has 2 aliphatic rings. The molecule has 0 radical (unpaired) electrons. The highest BCUT2D eigenvalue weighted by Crippen LogP contribution is 2.47. The monoisotopic (exact) mass is 260 g/mol. The van der Waals surface area contributed by atoms with E-state index in [-0.39, 0.29) is 24.5 Å². The normalized spacial score (nSPS) is 32.5. The Hall–Kier alpha value is -1.39. The van der Waals surface area contributed by atoms with Gasteiger partial charge in [0.25, 0.3) is 0 Å². The van der Waals surface area contributed by atoms with E-state index in [2.05, 4.69) is 5.32 Å². The lowest BCUT2D eigenvalue weighted by Gasteiger charge is -2.27. The smallest absolute Gasteiger partial charge is 0.229 e. The highest BCUT2D eigenvalue weighted by atomic mass is 16.3. The Labute approximate surface area is 113 Å². The number of nitrogens with one attached hydrogen (secondary N) is 1. The van der Waals surface area contributed by atoms with E-state index in [4.69, 9.17) is 5.73 Å². The average Bonchev–Trinajstić information content (AvgIpc) is 3.00. The summed E-state index contributed by atoms with van der Waals surface area (Å²) in [5, 5.41) is 12.2. The van der Waals surface area contributed by atoms with Crippen LogP contribution in [0.4, 0.5) is 5.69 Å². The van der Waals surface area contributed by atoms with Crippen LogP contribution in [0.25, 0.3) is 0 Å². The lowest BCUT2D eigenvalue weighted by Crippen LogP contribution is -2.42. The Kier molecular flexibility index (Phi) is 3.29. The third kappa shape index (κ3) is 2.15. The Morgan fingerprint density at radius 1 is 1.32 bits per heavy atom. The number of rotatable bonds is 3. The van der Waals surface area contributed by atoms with Crippen molar-refractivity contribution in [3.05, 3.63) is 29.8 Å². The summed E-state index contributed by atoms with van der Waals surface area (Å²) in [7, 11) is 0. The first-order valence-corrected chi connectivity index (χ1v) is 6.96. The number of anilines is 1. The molecule has 0 aliphatic heterocycles. The van der Waals surface area contributed by atoms with Crippen LogP contribution in [0.2, 0.25) is 0 Å². The van der Waals surface area contributed by atoms with Crippen molar-refractivity contribution in [1.82, 2.24) is 0 Å². The van der Waals surface area contributed by atoms with Crippen LogP contribution in [-0.4, -0.2) is 17.1 Å². The summed E-state index contributed by atoms with van der Waals surface area (Å²) in [6.07, 6.45) is 3.39. The fourth-order valence-corrected chi connectivity index (χ4v) is 3.72. The van der Waals surface area contributed by atoms with Crippen LogP contribution in [0.5, 0.6) is 0 Å². The maximum Gasteiger partial charge on any atom is 0.229 e. The van der Waals surface area contributed by atoms with E-state index in [1.54, 1.807) is 0 Å². The third-order valence-electron chi connectivity index (χ3n) is 4.73. The molecule has 19 heavy (non-hydrogen) atoms. The van der Waals surface area contributed by atoms with E-state index in [9.17, 15) is 9.90 Å². The first-order valence-electron chi connectivity index (χ1n) is 6.96. The van der Waals surface area contributed by atoms with Crippen molar-refractivity contribution in [3.8, 4) is 0 Å². The van der Waals surface area contributed by atoms with Crippen molar-refractivity contribution in [2.45, 2.75) is 31.9 Å². The fourth-order valence-electron chi connectivity index (χ4n) is 3.72. The van der Waals surface area contributed by atoms with E-state index in [1.807, 2.05) is 24.3 Å². The number of hydrogen-bond acceptors (Lipinski definition) is 3. The molecule has 0 saturated heterocycles. The summed E-state index contributed by atoms with van der Waals surface area (Å²) in [6.45, 7) is -0.0702. The number of amides is 1. The first kappa shape index (κ1) is 12.6. The molecule has 0 spiro atoms. The van der Waals surface area contributed by atoms with Gasteiger partial charge in [-0.2, -0.15) is 0 Å². The predicted molar refractivity (Wildman–Crippen MR) is 73.3 cm³/mol. The SMILES string of the molecule is NC1C2CCC(C2)C1C(=O)Nc1ccccc1CO. The highest BCUT2D eigenvalue weighted by Gasteiger charge is 2.49. The van der Waals surface area contributed by atoms with Crippen LogP contribution >= 0.6 is 0 Å². The van der Waals surface area contributed by atoms with Gasteiger partial charge < -0.3 is 16.2 Å². The summed E-state index contributed by atoms with van der Waals surface area (Å²) in [5.41, 5.74) is 7.62. The fraction of sp³-hybridized carbons (Fsp3) is 0.533. The number of fused-ring (bicyclic) bond motifs is 2. The minimum absolute atomic E-state index is 0.0000359. The van der Waals surface area contributed by atoms with E-state index < -0.39 is 0 Å². The molecule has 2 fully saturated rings. The molecule has 4 atom stereocenters. The third-order valence-corrected chi connectivity index (χ3v) is 4.73. The summed E-state index contributed by atoms with van der Waals surface area (Å²) in [6, 6.07) is 7.35. The van der Waals surface area contributed by atoms with Crippen molar-refractivity contribution in [1.29, 1.82) is 0 Å². The maximum atomic E-state index is 12.4. The number of carbonyl (C=O) groups is 1. The largest absolute Gasteiger partial charge is 0.392 e. The first-order chi connectivity index (χ1) is 9.20. The molecule has 0 aromatic heterocycles. The number of aliphatic hydroxyl groups excluding tert-OH is 1. The Morgan fingerprint density at radius 2 is 2.05 bits per heavy atom. The molecule has 4 unspecified atom stereocenters. The molecular weight excluding hydrogens is 240 g/mol. The van der Waals surface area contributed by atoms with Gasteiger partial charge in [0.1, 0.15) is 0 Å². The van der Waals surface area contributed by atoms with Crippen LogP contribution in [0.3, 0.4) is 0 Å². The van der Waals surface area contributed by atoms with Gasteiger partial charge in [-0.05, 0) is 37.2 Å². The van der Waals surface area contributed by atoms with Crippen molar-refractivity contribution in [3.63, 3.8) is 0 Å². The number of carbonyl (C=O) groups excluding carboxylic acids is 1. The van der Waals surface area contributed by atoms with E-state index in [1.165, 1.54) is 6.42 Å². The van der Waals surface area contributed by atoms with Gasteiger partial charge in [0.15, 0.2) is 0 Å². The number of nitrogens with two attached hydrogens (primary N) is 1. The highest BCUT2D eigenvalue weighted by molar-refractivity contribution is 5.94. The number of aliphatic hydroxyl groups is 1. The Balaban J connectivity index is 1.75. The molecule has 102 valence electrons. The maximum absolute atomic E-state index is 12.4. The number of hydrogen-bond donors (Lipinski definition) is 3. The van der Waals surface area contributed by atoms with Gasteiger partial charge in [-0.15, -0.1) is 0 Å². The Bertz CT molecular complexity index is 487. The van der Waals surface area contributed by atoms with Gasteiger partial charge in [-0.25, -0.2) is 0 Å². The molecule has 2 bridgehead atoms. The van der Waals surface area contributed by atoms with Crippen LogP contribution in [0.1, 0.15) is 24.8 Å². The second kappa shape index (κ2) is 4.94. The molecule has 2 saturated carbocycles. The summed E-state index contributed by atoms with van der Waals surface area (Å²) < 4.78 is 0. The lowest BCUT2D eigenvalue weighted by molar-refractivity contribution is -0.121. The molecule has 1 aromatic rings. The van der Waals surface area contributed by atoms with Crippen molar-refractivity contribution in [2.75, 3.05) is 5.32 Å². The second-order valence-electron chi connectivity index (χ2n) is 5.74. The number of para-hydroxylation sites is 1. The van der Waals surface area contributed by atoms with Gasteiger partial charge >= 0.3 is 0 Å². The van der Waals surface area contributed by atoms with Gasteiger partial charge in [0.2, 0.25) is 5.91 Å². The van der Waals surface area contributed by atoms with Crippen LogP contribution in [0.15, 0.2) is 24.3 Å². The zero-order valence-corrected chi connectivity index (χ0v) is 10.9. The second-order valence-corrected chi connectivity index (χ2v) is 5.74. The minimum Gasteiger partial charge on any atom is -0.392 e. The van der Waals surface area contributed by atoms with Gasteiger partial charge in [0, 0.05) is 17.3 Å². The molecular formula is C15H20N2O2. The van der Waals surface area contributed by atoms with Crippen LogP contribution in [-0.2, 0) is 11.4 Å². The van der Waals surface area contributed by atoms with Gasteiger partial charge in [-0.1, -0.05) is 18.2 Å². The van der Waals surface area contributed by atoms with Gasteiger partial charge in [0.05, 0.1) is 12.5 Å². The van der Waals surface area contributed by atoms with Crippen molar-refractivity contribution in [2.24, 2.45) is 23.5 Å². The molecule has 1 aromatic carbocycles. The zero-order chi connectivity index (χ0) is 13.4. The summed E-state index contributed by atoms with van der Waals surface area (Å²) in [5.74, 6) is 0.918. The summed E-state index contributed by atoms with van der Waals surface area (Å²) in [4.78, 5) is 12.4. The summed E-state index contributed by atoms with van der Waals surface area (Å²) >= 11 is 0. The quantitative estimate of drug-likeness (QED) is 0.770. The predicted octanol–water partition coefficient (Wildman–Crippen LogP) is 1.49. The van der Waals surface area contributed by atoms with E-state index in [0.29, 0.717) is 17.5 Å². The molecule has 4 nitrogen and oxygen atoms in total. The van der Waals surface area contributed by atoms with Crippen LogP contribution in [0, 0.1) is 17.8 Å². The van der Waals surface area contributed by atoms with E-state index in [0.717, 1.165) is 18.4 Å². The molecule has 4 heteroatoms. The Morgan fingerprint density at radius 3 is 2.74 bits per heavy atom. The topological polar surface area (TPSA) is 75.4 Å². The zero-order valence-electron chi connectivity index (χ0n) is 10.9. The molecule has 4 N–H and O–H groups in total. The van der Waals surface area contributed by atoms with Crippen molar-refractivity contribution >= 4 is 11.6 Å². The lowest BCUT2D eigenvalue weighted by atomic mass is 9.84. The minimum atomic E-state index is -0.0702. The number of benzene rings is 1. The molecule has 0 heterocycles. The van der Waals surface area contributed by atoms with Gasteiger partial charge in [-0.3, -0.25) is 4.79 Å².